The highest BCUT2D eigenvalue weighted by atomic mass is 16.4. The first-order valence-electron chi connectivity index (χ1n) is 9.84. The van der Waals surface area contributed by atoms with Gasteiger partial charge in [-0.3, -0.25) is 4.79 Å². The van der Waals surface area contributed by atoms with Crippen molar-refractivity contribution >= 4 is 11.9 Å². The van der Waals surface area contributed by atoms with Gasteiger partial charge < -0.3 is 15.3 Å². The van der Waals surface area contributed by atoms with Crippen molar-refractivity contribution in [2.24, 2.45) is 0 Å². The van der Waals surface area contributed by atoms with Crippen LogP contribution in [-0.2, 0) is 9.59 Å². The molecule has 0 aliphatic carbocycles. The molecule has 0 radical (unpaired) electrons. The molecule has 26 heavy (non-hydrogen) atoms. The maximum absolute atomic E-state index is 10.3. The lowest BCUT2D eigenvalue weighted by Crippen LogP contribution is -2.13. The molecule has 0 aromatic rings. The SMILES string of the molecule is CC(O)C(=O)O.CCCCC/C=C\C/C=C\CCCCCCCC(=O)O. The number of unbranched alkanes of at least 4 members (excludes halogenated alkanes) is 8. The van der Waals surface area contributed by atoms with E-state index in [-0.39, 0.29) is 0 Å². The van der Waals surface area contributed by atoms with Gasteiger partial charge in [-0.2, -0.15) is 0 Å². The summed E-state index contributed by atoms with van der Waals surface area (Å²) in [6.45, 7) is 3.43. The molecule has 0 rings (SSSR count). The van der Waals surface area contributed by atoms with Gasteiger partial charge in [0.25, 0.3) is 0 Å². The second-order valence-electron chi connectivity index (χ2n) is 6.39. The van der Waals surface area contributed by atoms with Crippen molar-refractivity contribution in [3.63, 3.8) is 0 Å². The lowest BCUT2D eigenvalue weighted by atomic mass is 10.1. The minimum absolute atomic E-state index is 0.324. The van der Waals surface area contributed by atoms with Crippen LogP contribution in [0, 0.1) is 0 Å². The Morgan fingerprint density at radius 3 is 1.73 bits per heavy atom. The van der Waals surface area contributed by atoms with Crippen LogP contribution >= 0.6 is 0 Å². The number of hydrogen-bond donors (Lipinski definition) is 3. The maximum Gasteiger partial charge on any atom is 0.332 e. The van der Waals surface area contributed by atoms with Gasteiger partial charge in [0.05, 0.1) is 0 Å². The number of carbonyl (C=O) groups is 2. The number of aliphatic hydroxyl groups excluding tert-OH is 1. The van der Waals surface area contributed by atoms with Crippen molar-refractivity contribution in [3.05, 3.63) is 24.3 Å². The lowest BCUT2D eigenvalue weighted by molar-refractivity contribution is -0.145. The molecule has 0 heterocycles. The first kappa shape index (κ1) is 26.6. The number of carboxylic acids is 2. The largest absolute Gasteiger partial charge is 0.481 e. The molecule has 0 aromatic heterocycles. The lowest BCUT2D eigenvalue weighted by Gasteiger charge is -1.98. The predicted octanol–water partition coefficient (Wildman–Crippen LogP) is 5.34. The number of rotatable bonds is 15. The van der Waals surface area contributed by atoms with Crippen molar-refractivity contribution in [3.8, 4) is 0 Å². The highest BCUT2D eigenvalue weighted by Crippen LogP contribution is 2.08. The van der Waals surface area contributed by atoms with Gasteiger partial charge in [0.15, 0.2) is 0 Å². The van der Waals surface area contributed by atoms with Crippen molar-refractivity contribution < 1.29 is 24.9 Å². The molecule has 0 amide bonds. The summed E-state index contributed by atoms with van der Waals surface area (Å²) in [7, 11) is 0. The fraction of sp³-hybridized carbons (Fsp3) is 0.714. The second kappa shape index (κ2) is 21.4. The molecule has 0 bridgehead atoms. The Morgan fingerprint density at radius 2 is 1.27 bits per heavy atom. The van der Waals surface area contributed by atoms with E-state index in [1.807, 2.05) is 0 Å². The minimum atomic E-state index is -1.23. The van der Waals surface area contributed by atoms with E-state index in [0.29, 0.717) is 6.42 Å². The third kappa shape index (κ3) is 27.2. The summed E-state index contributed by atoms with van der Waals surface area (Å²) in [5, 5.41) is 24.3. The van der Waals surface area contributed by atoms with Crippen LogP contribution in [0.25, 0.3) is 0 Å². The zero-order valence-corrected chi connectivity index (χ0v) is 16.5. The Hall–Kier alpha value is -1.62. The smallest absolute Gasteiger partial charge is 0.332 e. The minimum Gasteiger partial charge on any atom is -0.481 e. The molecule has 0 saturated carbocycles. The molecule has 0 spiro atoms. The van der Waals surface area contributed by atoms with Crippen LogP contribution in [0.1, 0.15) is 90.9 Å². The Balaban J connectivity index is 0. The Bertz CT molecular complexity index is 386. The van der Waals surface area contributed by atoms with E-state index < -0.39 is 18.0 Å². The molecule has 3 N–H and O–H groups in total. The Morgan fingerprint density at radius 1 is 0.808 bits per heavy atom. The summed E-state index contributed by atoms with van der Waals surface area (Å²) in [6, 6.07) is 0. The summed E-state index contributed by atoms with van der Waals surface area (Å²) in [5.74, 6) is -1.86. The first-order valence-corrected chi connectivity index (χ1v) is 9.84. The van der Waals surface area contributed by atoms with Crippen LogP contribution in [0.3, 0.4) is 0 Å². The molecule has 0 aliphatic rings. The molecule has 1 atom stereocenters. The third-order valence-electron chi connectivity index (χ3n) is 3.70. The second-order valence-corrected chi connectivity index (χ2v) is 6.39. The van der Waals surface area contributed by atoms with Gasteiger partial charge in [0.1, 0.15) is 6.10 Å². The zero-order chi connectivity index (χ0) is 20.0. The third-order valence-corrected chi connectivity index (χ3v) is 3.70. The van der Waals surface area contributed by atoms with Crippen molar-refractivity contribution in [1.82, 2.24) is 0 Å². The molecular weight excluding hydrogens is 332 g/mol. The van der Waals surface area contributed by atoms with E-state index in [0.717, 1.165) is 25.7 Å². The van der Waals surface area contributed by atoms with E-state index >= 15 is 0 Å². The molecule has 152 valence electrons. The standard InChI is InChI=1S/C18H32O2.C3H6O3/c1-2-3-4-5-6-7-8-9-10-11-12-13-14-15-16-17-18(19)20;1-2(4)3(5)6/h6-7,9-10H,2-5,8,11-17H2,1H3,(H,19,20);2,4H,1H3,(H,5,6)/b7-6-,10-9-;. The van der Waals surface area contributed by atoms with Gasteiger partial charge in [0.2, 0.25) is 0 Å². The molecule has 0 fully saturated rings. The molecule has 5 nitrogen and oxygen atoms in total. The van der Waals surface area contributed by atoms with Crippen LogP contribution in [0.2, 0.25) is 0 Å². The zero-order valence-electron chi connectivity index (χ0n) is 16.5. The van der Waals surface area contributed by atoms with Gasteiger partial charge in [0, 0.05) is 6.42 Å². The van der Waals surface area contributed by atoms with Gasteiger partial charge in [-0.25, -0.2) is 4.79 Å². The highest BCUT2D eigenvalue weighted by Gasteiger charge is 2.01. The summed E-state index contributed by atoms with van der Waals surface area (Å²) < 4.78 is 0. The summed E-state index contributed by atoms with van der Waals surface area (Å²) in [5.41, 5.74) is 0. The quantitative estimate of drug-likeness (QED) is 0.267. The number of aliphatic carboxylic acids is 2. The van der Waals surface area contributed by atoms with Crippen LogP contribution in [-0.4, -0.2) is 33.4 Å². The summed E-state index contributed by atoms with van der Waals surface area (Å²) in [4.78, 5) is 19.8. The number of hydrogen-bond acceptors (Lipinski definition) is 3. The van der Waals surface area contributed by atoms with Crippen LogP contribution < -0.4 is 0 Å². The maximum atomic E-state index is 10.3. The van der Waals surface area contributed by atoms with Gasteiger partial charge in [-0.05, 0) is 45.4 Å². The molecule has 1 unspecified atom stereocenters. The van der Waals surface area contributed by atoms with Crippen molar-refractivity contribution in [2.75, 3.05) is 0 Å². The fourth-order valence-corrected chi connectivity index (χ4v) is 2.09. The predicted molar refractivity (Wildman–Crippen MR) is 106 cm³/mol. The van der Waals surface area contributed by atoms with Gasteiger partial charge in [-0.15, -0.1) is 0 Å². The van der Waals surface area contributed by atoms with Crippen molar-refractivity contribution in [2.45, 2.75) is 97.0 Å². The van der Waals surface area contributed by atoms with Crippen LogP contribution in [0.15, 0.2) is 24.3 Å². The van der Waals surface area contributed by atoms with E-state index in [1.54, 1.807) is 0 Å². The van der Waals surface area contributed by atoms with Gasteiger partial charge in [-0.1, -0.05) is 63.3 Å². The topological polar surface area (TPSA) is 94.8 Å². The molecule has 5 heteroatoms. The average Bonchev–Trinajstić information content (AvgIpc) is 2.58. The Labute approximate surface area is 158 Å². The normalized spacial score (nSPS) is 12.1. The van der Waals surface area contributed by atoms with Crippen LogP contribution in [0.4, 0.5) is 0 Å². The first-order chi connectivity index (χ1) is 12.4. The summed E-state index contributed by atoms with van der Waals surface area (Å²) >= 11 is 0. The van der Waals surface area contributed by atoms with Crippen molar-refractivity contribution in [1.29, 1.82) is 0 Å². The highest BCUT2D eigenvalue weighted by molar-refractivity contribution is 5.71. The fourth-order valence-electron chi connectivity index (χ4n) is 2.09. The van der Waals surface area contributed by atoms with Gasteiger partial charge >= 0.3 is 11.9 Å². The molecule has 0 saturated heterocycles. The average molecular weight is 371 g/mol. The molecule has 0 aromatic carbocycles. The number of aliphatic hydroxyl groups is 1. The number of allylic oxidation sites excluding steroid dienone is 4. The molecular formula is C21H38O5. The van der Waals surface area contributed by atoms with Crippen LogP contribution in [0.5, 0.6) is 0 Å². The van der Waals surface area contributed by atoms with E-state index in [4.69, 9.17) is 15.3 Å². The number of carboxylic acid groups (broad SMARTS) is 2. The van der Waals surface area contributed by atoms with E-state index in [1.165, 1.54) is 51.9 Å². The van der Waals surface area contributed by atoms with E-state index in [9.17, 15) is 9.59 Å². The molecule has 0 aliphatic heterocycles. The van der Waals surface area contributed by atoms with E-state index in [2.05, 4.69) is 31.2 Å². The summed E-state index contributed by atoms with van der Waals surface area (Å²) in [6.07, 6.45) is 21.0. The Kier molecular flexibility index (Phi) is 21.9. The monoisotopic (exact) mass is 370 g/mol.